The minimum atomic E-state index is -0.230. The van der Waals surface area contributed by atoms with Crippen molar-refractivity contribution in [1.82, 2.24) is 8.61 Å². The molecule has 1 fully saturated rings. The van der Waals surface area contributed by atoms with Crippen molar-refractivity contribution in [3.8, 4) is 0 Å². The molecule has 2 aliphatic rings. The van der Waals surface area contributed by atoms with Crippen LogP contribution in [0.1, 0.15) is 20.7 Å². The van der Waals surface area contributed by atoms with E-state index in [-0.39, 0.29) is 11.8 Å². The summed E-state index contributed by atoms with van der Waals surface area (Å²) in [5.74, 6) is -0.459. The first kappa shape index (κ1) is 11.7. The fourth-order valence-corrected chi connectivity index (χ4v) is 2.87. The molecule has 0 N–H and O–H groups in total. The van der Waals surface area contributed by atoms with E-state index < -0.39 is 0 Å². The summed E-state index contributed by atoms with van der Waals surface area (Å²) in [5, 5.41) is 0. The Labute approximate surface area is 109 Å². The lowest BCUT2D eigenvalue weighted by Crippen LogP contribution is -2.36. The van der Waals surface area contributed by atoms with E-state index in [1.165, 1.54) is 16.4 Å². The van der Waals surface area contributed by atoms with Gasteiger partial charge in [0.1, 0.15) is 0 Å². The first-order valence-electron chi connectivity index (χ1n) is 5.76. The van der Waals surface area contributed by atoms with Crippen molar-refractivity contribution in [2.24, 2.45) is 0 Å². The average Bonchev–Trinajstić information content (AvgIpc) is 2.66. The first-order chi connectivity index (χ1) is 8.77. The Balaban J connectivity index is 1.79. The van der Waals surface area contributed by atoms with Gasteiger partial charge in [0, 0.05) is 13.1 Å². The second-order valence-electron chi connectivity index (χ2n) is 4.07. The number of carbonyl (C=O) groups excluding carboxylic acids is 2. The largest absolute Gasteiger partial charge is 0.379 e. The second kappa shape index (κ2) is 4.72. The molecule has 0 saturated carbocycles. The maximum absolute atomic E-state index is 12.1. The number of imide groups is 1. The van der Waals surface area contributed by atoms with Gasteiger partial charge in [-0.2, -0.15) is 0 Å². The molecule has 1 aromatic rings. The van der Waals surface area contributed by atoms with Gasteiger partial charge in [0.25, 0.3) is 11.8 Å². The van der Waals surface area contributed by atoms with E-state index in [1.54, 1.807) is 24.3 Å². The lowest BCUT2D eigenvalue weighted by molar-refractivity contribution is 0.0699. The number of carbonyl (C=O) groups is 2. The van der Waals surface area contributed by atoms with Crippen LogP contribution in [-0.4, -0.2) is 46.7 Å². The van der Waals surface area contributed by atoms with Gasteiger partial charge < -0.3 is 4.74 Å². The maximum atomic E-state index is 12.1. The van der Waals surface area contributed by atoms with Crippen LogP contribution in [0.15, 0.2) is 24.3 Å². The number of fused-ring (bicyclic) bond motifs is 1. The van der Waals surface area contributed by atoms with Gasteiger partial charge in [-0.3, -0.25) is 9.59 Å². The Kier molecular flexibility index (Phi) is 3.07. The van der Waals surface area contributed by atoms with Gasteiger partial charge in [-0.05, 0) is 12.1 Å². The number of rotatable bonds is 2. The highest BCUT2D eigenvalue weighted by molar-refractivity contribution is 7.95. The minimum Gasteiger partial charge on any atom is -0.379 e. The molecule has 0 unspecified atom stereocenters. The number of benzene rings is 1. The van der Waals surface area contributed by atoms with Gasteiger partial charge >= 0.3 is 0 Å². The van der Waals surface area contributed by atoms with Gasteiger partial charge in [0.05, 0.1) is 36.5 Å². The molecular formula is C12H12N2O3S. The van der Waals surface area contributed by atoms with Gasteiger partial charge in [0.2, 0.25) is 0 Å². The van der Waals surface area contributed by atoms with Crippen molar-refractivity contribution < 1.29 is 14.3 Å². The molecule has 0 bridgehead atoms. The van der Waals surface area contributed by atoms with E-state index in [1.807, 2.05) is 4.31 Å². The van der Waals surface area contributed by atoms with E-state index in [0.717, 1.165) is 13.1 Å². The lowest BCUT2D eigenvalue weighted by atomic mass is 10.1. The smallest absolute Gasteiger partial charge is 0.272 e. The van der Waals surface area contributed by atoms with Crippen LogP contribution in [0.2, 0.25) is 0 Å². The molecule has 0 spiro atoms. The molecule has 0 radical (unpaired) electrons. The van der Waals surface area contributed by atoms with Crippen LogP contribution in [0.3, 0.4) is 0 Å². The third-order valence-corrected chi connectivity index (χ3v) is 4.01. The zero-order chi connectivity index (χ0) is 12.5. The number of hydrogen-bond donors (Lipinski definition) is 0. The fraction of sp³-hybridized carbons (Fsp3) is 0.333. The number of amides is 2. The van der Waals surface area contributed by atoms with Gasteiger partial charge in [-0.1, -0.05) is 12.1 Å². The summed E-state index contributed by atoms with van der Waals surface area (Å²) >= 11 is 1.19. The van der Waals surface area contributed by atoms with Crippen LogP contribution in [0.4, 0.5) is 0 Å². The lowest BCUT2D eigenvalue weighted by Gasteiger charge is -2.27. The molecule has 18 heavy (non-hydrogen) atoms. The Morgan fingerprint density at radius 2 is 1.56 bits per heavy atom. The zero-order valence-corrected chi connectivity index (χ0v) is 10.5. The summed E-state index contributed by atoms with van der Waals surface area (Å²) in [4.78, 5) is 24.2. The fourth-order valence-electron chi connectivity index (χ4n) is 1.99. The van der Waals surface area contributed by atoms with E-state index >= 15 is 0 Å². The van der Waals surface area contributed by atoms with Crippen molar-refractivity contribution in [1.29, 1.82) is 0 Å². The van der Waals surface area contributed by atoms with E-state index in [2.05, 4.69) is 0 Å². The maximum Gasteiger partial charge on any atom is 0.272 e. The quantitative estimate of drug-likeness (QED) is 0.593. The van der Waals surface area contributed by atoms with E-state index in [0.29, 0.717) is 24.3 Å². The van der Waals surface area contributed by atoms with Gasteiger partial charge in [-0.15, -0.1) is 0 Å². The molecule has 2 aliphatic heterocycles. The molecule has 2 heterocycles. The van der Waals surface area contributed by atoms with Crippen LogP contribution in [0.5, 0.6) is 0 Å². The summed E-state index contributed by atoms with van der Waals surface area (Å²) in [7, 11) is 0. The van der Waals surface area contributed by atoms with Crippen LogP contribution in [0.25, 0.3) is 0 Å². The molecule has 0 aliphatic carbocycles. The predicted octanol–water partition coefficient (Wildman–Crippen LogP) is 1.18. The summed E-state index contributed by atoms with van der Waals surface area (Å²) in [5.41, 5.74) is 0.978. The van der Waals surface area contributed by atoms with E-state index in [9.17, 15) is 9.59 Å². The van der Waals surface area contributed by atoms with Crippen LogP contribution in [-0.2, 0) is 4.74 Å². The normalized spacial score (nSPS) is 20.3. The SMILES string of the molecule is O=C1c2ccccc2C(=O)N1SN1CCOCC1. The number of nitrogens with zero attached hydrogens (tertiary/aromatic N) is 2. The molecule has 5 nitrogen and oxygen atoms in total. The van der Waals surface area contributed by atoms with Crippen LogP contribution in [0, 0.1) is 0 Å². The molecule has 1 aromatic carbocycles. The highest BCUT2D eigenvalue weighted by atomic mass is 32.2. The Morgan fingerprint density at radius 3 is 2.11 bits per heavy atom. The second-order valence-corrected chi connectivity index (χ2v) is 5.12. The third kappa shape index (κ3) is 1.92. The molecule has 3 rings (SSSR count). The number of ether oxygens (including phenoxy) is 1. The molecule has 1 saturated heterocycles. The van der Waals surface area contributed by atoms with Crippen LogP contribution >= 0.6 is 12.1 Å². The molecule has 6 heteroatoms. The topological polar surface area (TPSA) is 49.9 Å². The predicted molar refractivity (Wildman–Crippen MR) is 66.9 cm³/mol. The van der Waals surface area contributed by atoms with Crippen molar-refractivity contribution in [2.75, 3.05) is 26.3 Å². The standard InChI is InChI=1S/C12H12N2O3S/c15-11-9-3-1-2-4-10(9)12(16)14(11)18-13-5-7-17-8-6-13/h1-4H,5-8H2. The first-order valence-corrected chi connectivity index (χ1v) is 6.49. The molecule has 0 aromatic heterocycles. The van der Waals surface area contributed by atoms with Gasteiger partial charge in [0.15, 0.2) is 0 Å². The minimum absolute atomic E-state index is 0.230. The molecule has 2 amide bonds. The highest BCUT2D eigenvalue weighted by Gasteiger charge is 2.37. The van der Waals surface area contributed by atoms with Crippen molar-refractivity contribution in [3.05, 3.63) is 35.4 Å². The Morgan fingerprint density at radius 1 is 1.00 bits per heavy atom. The molecule has 0 atom stereocenters. The zero-order valence-electron chi connectivity index (χ0n) is 9.67. The third-order valence-electron chi connectivity index (χ3n) is 2.92. The van der Waals surface area contributed by atoms with Crippen molar-refractivity contribution in [3.63, 3.8) is 0 Å². The summed E-state index contributed by atoms with van der Waals surface area (Å²) < 4.78 is 8.45. The molecule has 94 valence electrons. The summed E-state index contributed by atoms with van der Waals surface area (Å²) in [6.07, 6.45) is 0. The molecular weight excluding hydrogens is 252 g/mol. The Hall–Kier alpha value is -1.37. The number of hydrogen-bond acceptors (Lipinski definition) is 5. The number of morpholine rings is 1. The van der Waals surface area contributed by atoms with Crippen molar-refractivity contribution >= 4 is 23.9 Å². The highest BCUT2D eigenvalue weighted by Crippen LogP contribution is 2.30. The van der Waals surface area contributed by atoms with Gasteiger partial charge in [-0.25, -0.2) is 8.61 Å². The summed E-state index contributed by atoms with van der Waals surface area (Å²) in [6.45, 7) is 2.71. The summed E-state index contributed by atoms with van der Waals surface area (Å²) in [6, 6.07) is 6.92. The monoisotopic (exact) mass is 264 g/mol. The van der Waals surface area contributed by atoms with Crippen LogP contribution < -0.4 is 0 Å². The Bertz CT molecular complexity index is 465. The van der Waals surface area contributed by atoms with Crippen molar-refractivity contribution in [2.45, 2.75) is 0 Å². The average molecular weight is 264 g/mol. The van der Waals surface area contributed by atoms with E-state index in [4.69, 9.17) is 4.74 Å².